The molecule has 0 amide bonds. The number of hydrogen-bond donors (Lipinski definition) is 2. The van der Waals surface area contributed by atoms with Gasteiger partial charge in [-0.15, -0.1) is 6.58 Å². The molecule has 0 radical (unpaired) electrons. The fourth-order valence-electron chi connectivity index (χ4n) is 4.68. The van der Waals surface area contributed by atoms with Gasteiger partial charge in [-0.2, -0.15) is 0 Å². The van der Waals surface area contributed by atoms with Gasteiger partial charge in [-0.25, -0.2) is 0 Å². The van der Waals surface area contributed by atoms with Gasteiger partial charge in [0.2, 0.25) is 0 Å². The molecule has 0 aromatic rings. The Morgan fingerprint density at radius 3 is 2.95 bits per heavy atom. The summed E-state index contributed by atoms with van der Waals surface area (Å²) in [6, 6.07) is 0. The summed E-state index contributed by atoms with van der Waals surface area (Å²) in [4.78, 5) is 11.7. The number of allylic oxidation sites excluding steroid dienone is 1. The van der Waals surface area contributed by atoms with Gasteiger partial charge in [0.15, 0.2) is 0 Å². The van der Waals surface area contributed by atoms with Gasteiger partial charge < -0.3 is 14.9 Å². The average Bonchev–Trinajstić information content (AvgIpc) is 2.66. The van der Waals surface area contributed by atoms with E-state index in [0.717, 1.165) is 6.42 Å². The predicted octanol–water partition coefficient (Wildman–Crippen LogP) is 1.41. The number of hydrogen-bond acceptors (Lipinski definition) is 4. The van der Waals surface area contributed by atoms with E-state index < -0.39 is 11.2 Å². The first-order valence-electron chi connectivity index (χ1n) is 7.15. The molecule has 106 valence electrons. The maximum absolute atomic E-state index is 11.7. The molecule has 3 rings (SSSR count). The number of carbonyl (C=O) groups excluding carboxylic acids is 1. The van der Waals surface area contributed by atoms with E-state index in [1.54, 1.807) is 0 Å². The molecule has 2 saturated carbocycles. The van der Waals surface area contributed by atoms with Crippen molar-refractivity contribution >= 4 is 5.97 Å². The van der Waals surface area contributed by atoms with Gasteiger partial charge in [-0.05, 0) is 37.5 Å². The van der Waals surface area contributed by atoms with Gasteiger partial charge in [-0.3, -0.25) is 4.79 Å². The van der Waals surface area contributed by atoms with Crippen LogP contribution in [0.1, 0.15) is 39.0 Å². The van der Waals surface area contributed by atoms with E-state index in [0.29, 0.717) is 19.3 Å². The van der Waals surface area contributed by atoms with E-state index in [-0.39, 0.29) is 36.2 Å². The molecule has 1 heterocycles. The van der Waals surface area contributed by atoms with E-state index in [4.69, 9.17) is 4.74 Å². The van der Waals surface area contributed by atoms with Crippen molar-refractivity contribution in [1.29, 1.82) is 0 Å². The summed E-state index contributed by atoms with van der Waals surface area (Å²) in [5.41, 5.74) is -1.81. The maximum atomic E-state index is 11.7. The van der Waals surface area contributed by atoms with Crippen molar-refractivity contribution in [3.8, 4) is 0 Å². The summed E-state index contributed by atoms with van der Waals surface area (Å²) in [5, 5.41) is 21.1. The molecule has 0 aromatic heterocycles. The van der Waals surface area contributed by atoms with E-state index in [9.17, 15) is 15.0 Å². The Kier molecular flexibility index (Phi) is 2.81. The minimum atomic E-state index is -1.04. The molecule has 6 atom stereocenters. The highest BCUT2D eigenvalue weighted by atomic mass is 16.6. The molecular weight excluding hydrogens is 244 g/mol. The third-order valence-electron chi connectivity index (χ3n) is 5.54. The van der Waals surface area contributed by atoms with Crippen LogP contribution in [-0.2, 0) is 9.53 Å². The summed E-state index contributed by atoms with van der Waals surface area (Å²) in [7, 11) is 0. The second-order valence-electron chi connectivity index (χ2n) is 6.65. The molecule has 2 aliphatic carbocycles. The van der Waals surface area contributed by atoms with Gasteiger partial charge in [0.1, 0.15) is 11.2 Å². The standard InChI is InChI=1S/C15H22O4/c1-3-4-10-7-14(18)8-13(17)19-15(14)6-9(2)12(16)5-11(10)15/h3,9-12,16,18H,1,4-8H2,2H3/t9-,10-,11-,12-,14+,15-/m1/s1. The first-order chi connectivity index (χ1) is 8.92. The van der Waals surface area contributed by atoms with Crippen molar-refractivity contribution in [3.63, 3.8) is 0 Å². The summed E-state index contributed by atoms with van der Waals surface area (Å²) in [5.74, 6) is 0.0511. The molecule has 1 saturated heterocycles. The van der Waals surface area contributed by atoms with Crippen LogP contribution in [0.5, 0.6) is 0 Å². The minimum Gasteiger partial charge on any atom is -0.456 e. The fourth-order valence-corrected chi connectivity index (χ4v) is 4.68. The highest BCUT2D eigenvalue weighted by Crippen LogP contribution is 2.62. The summed E-state index contributed by atoms with van der Waals surface area (Å²) < 4.78 is 5.64. The van der Waals surface area contributed by atoms with Crippen LogP contribution in [0.4, 0.5) is 0 Å². The number of aliphatic hydroxyl groups excluding tert-OH is 1. The molecule has 0 unspecified atom stereocenters. The lowest BCUT2D eigenvalue weighted by atomic mass is 9.66. The molecule has 0 aromatic carbocycles. The molecule has 3 aliphatic rings. The van der Waals surface area contributed by atoms with E-state index >= 15 is 0 Å². The van der Waals surface area contributed by atoms with Gasteiger partial charge in [0, 0.05) is 5.92 Å². The Bertz CT molecular complexity index is 420. The molecule has 1 aliphatic heterocycles. The zero-order valence-corrected chi connectivity index (χ0v) is 11.3. The van der Waals surface area contributed by atoms with Crippen LogP contribution in [0.2, 0.25) is 0 Å². The molecule has 2 N–H and O–H groups in total. The van der Waals surface area contributed by atoms with Crippen LogP contribution in [0, 0.1) is 17.8 Å². The normalized spacial score (nSPS) is 52.5. The van der Waals surface area contributed by atoms with Gasteiger partial charge >= 0.3 is 5.97 Å². The largest absolute Gasteiger partial charge is 0.456 e. The van der Waals surface area contributed by atoms with Gasteiger partial charge in [0.25, 0.3) is 0 Å². The zero-order chi connectivity index (χ0) is 13.8. The molecule has 4 heteroatoms. The second kappa shape index (κ2) is 4.06. The van der Waals surface area contributed by atoms with Crippen molar-refractivity contribution in [2.45, 2.75) is 56.3 Å². The van der Waals surface area contributed by atoms with Crippen molar-refractivity contribution in [1.82, 2.24) is 0 Å². The minimum absolute atomic E-state index is 0.0492. The highest BCUT2D eigenvalue weighted by Gasteiger charge is 2.71. The Labute approximate surface area is 113 Å². The molecule has 1 spiro atoms. The van der Waals surface area contributed by atoms with Gasteiger partial charge in [-0.1, -0.05) is 13.0 Å². The summed E-state index contributed by atoms with van der Waals surface area (Å²) >= 11 is 0. The van der Waals surface area contributed by atoms with Crippen LogP contribution < -0.4 is 0 Å². The van der Waals surface area contributed by atoms with Crippen molar-refractivity contribution in [2.24, 2.45) is 17.8 Å². The molecule has 4 nitrogen and oxygen atoms in total. The Morgan fingerprint density at radius 2 is 2.26 bits per heavy atom. The SMILES string of the molecule is C=CC[C@@H]1C[C@]2(O)CC(=O)O[C@@]23C[C@@H](C)[C@H](O)C[C@H]13. The topological polar surface area (TPSA) is 66.8 Å². The molecule has 19 heavy (non-hydrogen) atoms. The van der Waals surface area contributed by atoms with Crippen LogP contribution in [-0.4, -0.2) is 33.5 Å². The Hall–Kier alpha value is -0.870. The smallest absolute Gasteiger partial charge is 0.309 e. The first kappa shape index (κ1) is 13.1. The monoisotopic (exact) mass is 266 g/mol. The lowest BCUT2D eigenvalue weighted by molar-refractivity contribution is -0.181. The lowest BCUT2D eigenvalue weighted by Crippen LogP contribution is -2.56. The number of aliphatic hydroxyl groups is 2. The zero-order valence-electron chi connectivity index (χ0n) is 11.3. The number of ether oxygens (including phenoxy) is 1. The molecule has 0 bridgehead atoms. The van der Waals surface area contributed by atoms with Crippen LogP contribution in [0.25, 0.3) is 0 Å². The van der Waals surface area contributed by atoms with Gasteiger partial charge in [0.05, 0.1) is 12.5 Å². The summed E-state index contributed by atoms with van der Waals surface area (Å²) in [6.45, 7) is 5.73. The van der Waals surface area contributed by atoms with Crippen LogP contribution in [0.15, 0.2) is 12.7 Å². The van der Waals surface area contributed by atoms with Crippen molar-refractivity contribution < 1.29 is 19.7 Å². The van der Waals surface area contributed by atoms with Crippen molar-refractivity contribution in [3.05, 3.63) is 12.7 Å². The van der Waals surface area contributed by atoms with E-state index in [1.165, 1.54) is 0 Å². The quantitative estimate of drug-likeness (QED) is 0.586. The average molecular weight is 266 g/mol. The molecule has 3 fully saturated rings. The Morgan fingerprint density at radius 1 is 1.53 bits per heavy atom. The third-order valence-corrected chi connectivity index (χ3v) is 5.54. The Balaban J connectivity index is 2.00. The number of rotatable bonds is 2. The number of esters is 1. The third kappa shape index (κ3) is 1.62. The predicted molar refractivity (Wildman–Crippen MR) is 69.2 cm³/mol. The second-order valence-corrected chi connectivity index (χ2v) is 6.65. The van der Waals surface area contributed by atoms with Crippen molar-refractivity contribution in [2.75, 3.05) is 0 Å². The number of carbonyl (C=O) groups is 1. The van der Waals surface area contributed by atoms with Crippen LogP contribution in [0.3, 0.4) is 0 Å². The van der Waals surface area contributed by atoms with E-state index in [1.807, 2.05) is 13.0 Å². The first-order valence-corrected chi connectivity index (χ1v) is 7.15. The lowest BCUT2D eigenvalue weighted by Gasteiger charge is -2.46. The van der Waals surface area contributed by atoms with E-state index in [2.05, 4.69) is 6.58 Å². The van der Waals surface area contributed by atoms with Crippen LogP contribution >= 0.6 is 0 Å². The maximum Gasteiger partial charge on any atom is 0.309 e. The highest BCUT2D eigenvalue weighted by molar-refractivity contribution is 5.75. The summed E-state index contributed by atoms with van der Waals surface area (Å²) in [6.07, 6.45) is 4.13. The molecular formula is C15H22O4. The fraction of sp³-hybridized carbons (Fsp3) is 0.800.